The van der Waals surface area contributed by atoms with Gasteiger partial charge in [0, 0.05) is 5.92 Å². The number of hydrazine groups is 1. The third-order valence-corrected chi connectivity index (χ3v) is 2.74. The van der Waals surface area contributed by atoms with Gasteiger partial charge in [-0.2, -0.15) is 0 Å². The maximum atomic E-state index is 11.2. The molecule has 2 rings (SSSR count). The molecule has 1 saturated carbocycles. The van der Waals surface area contributed by atoms with Crippen LogP contribution < -0.4 is 5.84 Å². The Balaban J connectivity index is 2.22. The monoisotopic (exact) mass is 156 g/mol. The molecule has 0 aromatic heterocycles. The van der Waals surface area contributed by atoms with Crippen LogP contribution in [0.1, 0.15) is 19.3 Å². The lowest BCUT2D eigenvalue weighted by Crippen LogP contribution is -2.44. The Morgan fingerprint density at radius 2 is 2.27 bits per heavy atom. The standard InChI is InChI=1S/C7H12N2O2/c8-9-5-3-4(7(9)11)1-2-6(5)10/h4-6,10H,1-3,8H2/t4-,5-,6?/m0/s1. The van der Waals surface area contributed by atoms with Crippen LogP contribution in [0, 0.1) is 5.92 Å². The van der Waals surface area contributed by atoms with E-state index in [2.05, 4.69) is 0 Å². The second kappa shape index (κ2) is 2.19. The number of nitrogens with zero attached hydrogens (tertiary/aromatic N) is 1. The quantitative estimate of drug-likeness (QED) is 0.357. The van der Waals surface area contributed by atoms with Gasteiger partial charge in [0.15, 0.2) is 0 Å². The lowest BCUT2D eigenvalue weighted by molar-refractivity contribution is -0.132. The van der Waals surface area contributed by atoms with Gasteiger partial charge in [0.2, 0.25) is 5.91 Å². The molecule has 1 saturated heterocycles. The number of carbonyl (C=O) groups excluding carboxylic acids is 1. The summed E-state index contributed by atoms with van der Waals surface area (Å²) in [6.45, 7) is 0. The second-order valence-corrected chi connectivity index (χ2v) is 3.39. The zero-order valence-electron chi connectivity index (χ0n) is 6.23. The molecule has 3 atom stereocenters. The van der Waals surface area contributed by atoms with Crippen LogP contribution >= 0.6 is 0 Å². The SMILES string of the molecule is NN1C(=O)[C@H]2CCC(O)[C@@H]1C2. The van der Waals surface area contributed by atoms with Crippen LogP contribution in [-0.2, 0) is 4.79 Å². The van der Waals surface area contributed by atoms with Crippen LogP contribution in [0.5, 0.6) is 0 Å². The van der Waals surface area contributed by atoms with Crippen molar-refractivity contribution in [2.24, 2.45) is 11.8 Å². The summed E-state index contributed by atoms with van der Waals surface area (Å²) >= 11 is 0. The summed E-state index contributed by atoms with van der Waals surface area (Å²) in [5, 5.41) is 10.6. The molecule has 1 aliphatic carbocycles. The van der Waals surface area contributed by atoms with Crippen molar-refractivity contribution in [1.29, 1.82) is 0 Å². The lowest BCUT2D eigenvalue weighted by atomic mass is 9.88. The van der Waals surface area contributed by atoms with E-state index in [0.29, 0.717) is 0 Å². The van der Waals surface area contributed by atoms with Crippen LogP contribution in [0.15, 0.2) is 0 Å². The van der Waals surface area contributed by atoms with Crippen molar-refractivity contribution in [1.82, 2.24) is 5.01 Å². The first-order chi connectivity index (χ1) is 5.20. The van der Waals surface area contributed by atoms with Crippen LogP contribution in [0.2, 0.25) is 0 Å². The van der Waals surface area contributed by atoms with E-state index < -0.39 is 6.10 Å². The molecular weight excluding hydrogens is 144 g/mol. The van der Waals surface area contributed by atoms with Gasteiger partial charge in [-0.25, -0.2) is 5.84 Å². The van der Waals surface area contributed by atoms with Gasteiger partial charge < -0.3 is 5.11 Å². The highest BCUT2D eigenvalue weighted by atomic mass is 16.3. The fraction of sp³-hybridized carbons (Fsp3) is 0.857. The first-order valence-electron chi connectivity index (χ1n) is 3.96. The number of fused-ring (bicyclic) bond motifs is 2. The van der Waals surface area contributed by atoms with Gasteiger partial charge in [-0.3, -0.25) is 9.80 Å². The third-order valence-electron chi connectivity index (χ3n) is 2.74. The van der Waals surface area contributed by atoms with E-state index in [1.807, 2.05) is 0 Å². The molecule has 0 aromatic rings. The van der Waals surface area contributed by atoms with Crippen molar-refractivity contribution in [3.63, 3.8) is 0 Å². The minimum atomic E-state index is -0.400. The summed E-state index contributed by atoms with van der Waals surface area (Å²) in [5.41, 5.74) is 0. The van der Waals surface area contributed by atoms with Crippen molar-refractivity contribution in [2.75, 3.05) is 0 Å². The maximum absolute atomic E-state index is 11.2. The van der Waals surface area contributed by atoms with E-state index >= 15 is 0 Å². The minimum Gasteiger partial charge on any atom is -0.391 e. The number of aliphatic hydroxyl groups is 1. The molecule has 0 aromatic carbocycles. The number of hydrogen-bond donors (Lipinski definition) is 2. The molecule has 11 heavy (non-hydrogen) atoms. The number of aliphatic hydroxyl groups excluding tert-OH is 1. The van der Waals surface area contributed by atoms with Crippen molar-refractivity contribution in [2.45, 2.75) is 31.4 Å². The second-order valence-electron chi connectivity index (χ2n) is 3.39. The lowest BCUT2D eigenvalue weighted by Gasteiger charge is -2.25. The molecule has 2 aliphatic rings. The van der Waals surface area contributed by atoms with E-state index in [9.17, 15) is 9.90 Å². The Morgan fingerprint density at radius 1 is 1.55 bits per heavy atom. The molecule has 1 unspecified atom stereocenters. The molecular formula is C7H12N2O2. The molecule has 4 heteroatoms. The predicted octanol–water partition coefficient (Wildman–Crippen LogP) is -0.768. The van der Waals surface area contributed by atoms with Crippen molar-refractivity contribution in [3.8, 4) is 0 Å². The van der Waals surface area contributed by atoms with E-state index in [-0.39, 0.29) is 17.9 Å². The Morgan fingerprint density at radius 3 is 2.91 bits per heavy atom. The summed E-state index contributed by atoms with van der Waals surface area (Å²) in [6.07, 6.45) is 1.86. The van der Waals surface area contributed by atoms with Gasteiger partial charge in [0.05, 0.1) is 12.1 Å². The van der Waals surface area contributed by atoms with Crippen molar-refractivity contribution >= 4 is 5.91 Å². The molecule has 4 nitrogen and oxygen atoms in total. The Kier molecular flexibility index (Phi) is 1.40. The zero-order valence-corrected chi connectivity index (χ0v) is 6.23. The number of amides is 1. The van der Waals surface area contributed by atoms with Crippen LogP contribution in [0.3, 0.4) is 0 Å². The topological polar surface area (TPSA) is 66.6 Å². The Bertz CT molecular complexity index is 195. The summed E-state index contributed by atoms with van der Waals surface area (Å²) < 4.78 is 0. The van der Waals surface area contributed by atoms with Gasteiger partial charge >= 0.3 is 0 Å². The number of rotatable bonds is 0. The van der Waals surface area contributed by atoms with Gasteiger partial charge in [0.1, 0.15) is 0 Å². The number of carbonyl (C=O) groups is 1. The van der Waals surface area contributed by atoms with Crippen molar-refractivity contribution < 1.29 is 9.90 Å². The number of hydrogen-bond acceptors (Lipinski definition) is 3. The summed E-state index contributed by atoms with van der Waals surface area (Å²) in [5.74, 6) is 5.57. The first-order valence-corrected chi connectivity index (χ1v) is 3.96. The third kappa shape index (κ3) is 0.862. The average Bonchev–Trinajstić information content (AvgIpc) is 2.24. The summed E-state index contributed by atoms with van der Waals surface area (Å²) in [7, 11) is 0. The molecule has 1 heterocycles. The highest BCUT2D eigenvalue weighted by molar-refractivity contribution is 5.81. The van der Waals surface area contributed by atoms with E-state index in [4.69, 9.17) is 5.84 Å². The van der Waals surface area contributed by atoms with Gasteiger partial charge in [-0.1, -0.05) is 0 Å². The molecule has 2 bridgehead atoms. The summed E-state index contributed by atoms with van der Waals surface area (Å²) in [4.78, 5) is 11.2. The molecule has 1 aliphatic heterocycles. The smallest absolute Gasteiger partial charge is 0.240 e. The predicted molar refractivity (Wildman–Crippen MR) is 38.2 cm³/mol. The average molecular weight is 156 g/mol. The largest absolute Gasteiger partial charge is 0.391 e. The molecule has 2 fully saturated rings. The van der Waals surface area contributed by atoms with Gasteiger partial charge in [-0.15, -0.1) is 0 Å². The van der Waals surface area contributed by atoms with E-state index in [0.717, 1.165) is 19.3 Å². The van der Waals surface area contributed by atoms with Crippen LogP contribution in [-0.4, -0.2) is 28.2 Å². The molecule has 0 radical (unpaired) electrons. The number of nitrogens with two attached hydrogens (primary N) is 1. The normalized spacial score (nSPS) is 43.3. The van der Waals surface area contributed by atoms with E-state index in [1.54, 1.807) is 0 Å². The highest BCUT2D eigenvalue weighted by Gasteiger charge is 2.45. The minimum absolute atomic E-state index is 0.00606. The van der Waals surface area contributed by atoms with Crippen LogP contribution in [0.4, 0.5) is 0 Å². The van der Waals surface area contributed by atoms with Crippen molar-refractivity contribution in [3.05, 3.63) is 0 Å². The van der Waals surface area contributed by atoms with Gasteiger partial charge in [-0.05, 0) is 19.3 Å². The molecule has 1 amide bonds. The Hall–Kier alpha value is -0.610. The zero-order chi connectivity index (χ0) is 8.01. The Labute approximate surface area is 64.9 Å². The van der Waals surface area contributed by atoms with Gasteiger partial charge in [0.25, 0.3) is 0 Å². The van der Waals surface area contributed by atoms with Crippen LogP contribution in [0.25, 0.3) is 0 Å². The molecule has 0 spiro atoms. The van der Waals surface area contributed by atoms with E-state index in [1.165, 1.54) is 5.01 Å². The molecule has 3 N–H and O–H groups in total. The fourth-order valence-corrected chi connectivity index (χ4v) is 2.03. The fourth-order valence-electron chi connectivity index (χ4n) is 2.03. The summed E-state index contributed by atoms with van der Waals surface area (Å²) in [6, 6.07) is -0.110. The molecule has 62 valence electrons. The first kappa shape index (κ1) is 7.06. The maximum Gasteiger partial charge on any atom is 0.240 e. The highest BCUT2D eigenvalue weighted by Crippen LogP contribution is 2.34.